The van der Waals surface area contributed by atoms with E-state index in [9.17, 15) is 14.0 Å². The smallest absolute Gasteiger partial charge is 0.444 e. The molecule has 0 bridgehead atoms. The molecule has 0 unspecified atom stereocenters. The Morgan fingerprint density at radius 1 is 1.12 bits per heavy atom. The number of carbonyl (C=O) groups is 2. The summed E-state index contributed by atoms with van der Waals surface area (Å²) in [6.45, 7) is 10.1. The summed E-state index contributed by atoms with van der Waals surface area (Å²) in [5, 5.41) is 2.42. The molecule has 0 saturated heterocycles. The molecule has 0 radical (unpaired) electrons. The van der Waals surface area contributed by atoms with E-state index in [1.165, 1.54) is 12.1 Å². The average Bonchev–Trinajstić information content (AvgIpc) is 2.38. The van der Waals surface area contributed by atoms with Gasteiger partial charge in [-0.1, -0.05) is 15.9 Å². The normalized spacial score (nSPS) is 12.9. The molecular weight excluding hydrogens is 409 g/mol. The lowest BCUT2D eigenvalue weighted by atomic mass is 10.1. The average molecular weight is 434 g/mol. The van der Waals surface area contributed by atoms with Gasteiger partial charge in [0, 0.05) is 10.9 Å². The number of nitrogens with one attached hydrogen (secondary N) is 1. The molecule has 0 aliphatic rings. The van der Waals surface area contributed by atoms with Gasteiger partial charge in [-0.3, -0.25) is 5.32 Å². The van der Waals surface area contributed by atoms with Gasteiger partial charge < -0.3 is 14.2 Å². The molecule has 1 atom stereocenters. The van der Waals surface area contributed by atoms with E-state index in [-0.39, 0.29) is 12.0 Å². The van der Waals surface area contributed by atoms with Gasteiger partial charge in [-0.15, -0.1) is 0 Å². The van der Waals surface area contributed by atoms with Crippen LogP contribution in [0.4, 0.5) is 14.0 Å². The largest absolute Gasteiger partial charge is 0.510 e. The molecule has 1 rings (SSSR count). The highest BCUT2D eigenvalue weighted by molar-refractivity contribution is 9.10. The Labute approximate surface area is 161 Å². The molecule has 0 fully saturated rings. The summed E-state index contributed by atoms with van der Waals surface area (Å²) < 4.78 is 30.1. The fourth-order valence-corrected chi connectivity index (χ4v) is 2.26. The third-order valence-corrected chi connectivity index (χ3v) is 3.21. The Hall–Kier alpha value is -1.83. The second-order valence-corrected chi connectivity index (χ2v) is 8.57. The minimum absolute atomic E-state index is 0.0935. The highest BCUT2D eigenvalue weighted by Crippen LogP contribution is 2.18. The molecule has 0 saturated carbocycles. The van der Waals surface area contributed by atoms with Crippen molar-refractivity contribution in [3.8, 4) is 0 Å². The zero-order valence-electron chi connectivity index (χ0n) is 15.8. The first kappa shape index (κ1) is 22.2. The van der Waals surface area contributed by atoms with E-state index in [2.05, 4.69) is 21.2 Å². The van der Waals surface area contributed by atoms with Crippen molar-refractivity contribution in [1.82, 2.24) is 5.32 Å². The van der Waals surface area contributed by atoms with Crippen LogP contribution in [0.5, 0.6) is 0 Å². The van der Waals surface area contributed by atoms with Crippen LogP contribution in [0.2, 0.25) is 0 Å². The predicted octanol–water partition coefficient (Wildman–Crippen LogP) is 4.93. The van der Waals surface area contributed by atoms with E-state index in [0.29, 0.717) is 4.47 Å². The Morgan fingerprint density at radius 3 is 2.23 bits per heavy atom. The third kappa shape index (κ3) is 9.03. The molecule has 8 heteroatoms. The van der Waals surface area contributed by atoms with Crippen molar-refractivity contribution in [2.75, 3.05) is 0 Å². The van der Waals surface area contributed by atoms with Gasteiger partial charge in [-0.2, -0.15) is 0 Å². The van der Waals surface area contributed by atoms with Crippen molar-refractivity contribution in [3.05, 3.63) is 34.1 Å². The number of hydrogen-bond acceptors (Lipinski definition) is 5. The van der Waals surface area contributed by atoms with Crippen molar-refractivity contribution in [2.45, 2.75) is 65.4 Å². The molecule has 1 aromatic carbocycles. The quantitative estimate of drug-likeness (QED) is 0.537. The number of ether oxygens (including phenoxy) is 3. The predicted molar refractivity (Wildman–Crippen MR) is 98.3 cm³/mol. The lowest BCUT2D eigenvalue weighted by molar-refractivity contribution is -0.0356. The van der Waals surface area contributed by atoms with Crippen LogP contribution in [0, 0.1) is 5.82 Å². The van der Waals surface area contributed by atoms with Crippen LogP contribution in [-0.4, -0.2) is 29.7 Å². The number of hydrogen-bond donors (Lipinski definition) is 1. The van der Waals surface area contributed by atoms with Crippen molar-refractivity contribution in [1.29, 1.82) is 0 Å². The SMILES string of the molecule is CC(C)(C)OC(=O)N[C@@H](Cc1cc(Br)ccc1F)OC(=O)OC(C)(C)C. The van der Waals surface area contributed by atoms with Gasteiger partial charge in [0.2, 0.25) is 0 Å². The minimum atomic E-state index is -1.16. The summed E-state index contributed by atoms with van der Waals surface area (Å²) >= 11 is 3.26. The Balaban J connectivity index is 2.91. The van der Waals surface area contributed by atoms with Gasteiger partial charge in [-0.05, 0) is 65.3 Å². The first-order valence-electron chi connectivity index (χ1n) is 8.08. The molecule has 1 N–H and O–H groups in total. The molecule has 0 spiro atoms. The number of benzene rings is 1. The molecule has 1 aromatic rings. The summed E-state index contributed by atoms with van der Waals surface area (Å²) in [5.41, 5.74) is -1.25. The maximum Gasteiger partial charge on any atom is 0.510 e. The van der Waals surface area contributed by atoms with Crippen LogP contribution in [0.15, 0.2) is 22.7 Å². The van der Waals surface area contributed by atoms with Crippen LogP contribution in [0.3, 0.4) is 0 Å². The molecule has 0 aliphatic heterocycles. The third-order valence-electron chi connectivity index (χ3n) is 2.72. The van der Waals surface area contributed by atoms with Gasteiger partial charge in [0.15, 0.2) is 6.23 Å². The minimum Gasteiger partial charge on any atom is -0.444 e. The Bertz CT molecular complexity index is 622. The second-order valence-electron chi connectivity index (χ2n) is 7.66. The van der Waals surface area contributed by atoms with Crippen LogP contribution in [-0.2, 0) is 20.6 Å². The summed E-state index contributed by atoms with van der Waals surface area (Å²) in [6.07, 6.45) is -3.03. The molecule has 0 heterocycles. The summed E-state index contributed by atoms with van der Waals surface area (Å²) in [5.74, 6) is -0.489. The van der Waals surface area contributed by atoms with Crippen molar-refractivity contribution in [3.63, 3.8) is 0 Å². The molecule has 0 aliphatic carbocycles. The molecule has 0 aromatic heterocycles. The van der Waals surface area contributed by atoms with Gasteiger partial charge in [-0.25, -0.2) is 14.0 Å². The molecule has 26 heavy (non-hydrogen) atoms. The molecule has 1 amide bonds. The molecule has 6 nitrogen and oxygen atoms in total. The number of alkyl carbamates (subject to hydrolysis) is 1. The van der Waals surface area contributed by atoms with Gasteiger partial charge in [0.25, 0.3) is 0 Å². The zero-order valence-corrected chi connectivity index (χ0v) is 17.4. The number of rotatable bonds is 4. The molecule has 146 valence electrons. The van der Waals surface area contributed by atoms with Gasteiger partial charge in [0.1, 0.15) is 17.0 Å². The maximum absolute atomic E-state index is 14.0. The van der Waals surface area contributed by atoms with E-state index < -0.39 is 35.5 Å². The highest BCUT2D eigenvalue weighted by Gasteiger charge is 2.26. The van der Waals surface area contributed by atoms with E-state index in [0.717, 1.165) is 0 Å². The number of carbonyl (C=O) groups excluding carboxylic acids is 2. The van der Waals surface area contributed by atoms with Crippen molar-refractivity contribution in [2.24, 2.45) is 0 Å². The monoisotopic (exact) mass is 433 g/mol. The van der Waals surface area contributed by atoms with Crippen LogP contribution >= 0.6 is 15.9 Å². The highest BCUT2D eigenvalue weighted by atomic mass is 79.9. The fourth-order valence-electron chi connectivity index (χ4n) is 1.85. The standard InChI is InChI=1S/C18H25BrFNO5/c1-17(2,3)25-15(22)21-14(24-16(23)26-18(4,5)6)10-11-9-12(19)7-8-13(11)20/h7-9,14H,10H2,1-6H3,(H,21,22)/t14-/m1/s1. The lowest BCUT2D eigenvalue weighted by Gasteiger charge is -2.25. The fraction of sp³-hybridized carbons (Fsp3) is 0.556. The van der Waals surface area contributed by atoms with E-state index in [4.69, 9.17) is 14.2 Å². The first-order chi connectivity index (χ1) is 11.7. The summed E-state index contributed by atoms with van der Waals surface area (Å²) in [6, 6.07) is 4.36. The Kier molecular flexibility index (Phi) is 7.44. The van der Waals surface area contributed by atoms with Crippen LogP contribution in [0.25, 0.3) is 0 Å². The van der Waals surface area contributed by atoms with Crippen molar-refractivity contribution < 1.29 is 28.2 Å². The van der Waals surface area contributed by atoms with Crippen LogP contribution < -0.4 is 5.32 Å². The van der Waals surface area contributed by atoms with E-state index >= 15 is 0 Å². The van der Waals surface area contributed by atoms with Gasteiger partial charge >= 0.3 is 12.2 Å². The van der Waals surface area contributed by atoms with E-state index in [1.54, 1.807) is 47.6 Å². The summed E-state index contributed by atoms with van der Waals surface area (Å²) in [4.78, 5) is 23.9. The first-order valence-corrected chi connectivity index (χ1v) is 8.87. The van der Waals surface area contributed by atoms with Gasteiger partial charge in [0.05, 0.1) is 0 Å². The maximum atomic E-state index is 14.0. The second kappa shape index (κ2) is 8.70. The molecular formula is C18H25BrFNO5. The number of amides is 1. The zero-order chi connectivity index (χ0) is 20.1. The van der Waals surface area contributed by atoms with E-state index in [1.807, 2.05) is 0 Å². The Morgan fingerprint density at radius 2 is 1.69 bits per heavy atom. The summed E-state index contributed by atoms with van der Waals surface area (Å²) in [7, 11) is 0. The lowest BCUT2D eigenvalue weighted by Crippen LogP contribution is -2.43. The van der Waals surface area contributed by atoms with Crippen LogP contribution in [0.1, 0.15) is 47.1 Å². The topological polar surface area (TPSA) is 73.9 Å². The van der Waals surface area contributed by atoms with Crippen molar-refractivity contribution >= 4 is 28.2 Å². The number of halogens is 2.